The maximum atomic E-state index is 12.7. The maximum absolute atomic E-state index is 12.7. The molecule has 4 heteroatoms. The molecular formula is C16H20ClNO2. The van der Waals surface area contributed by atoms with Crippen molar-refractivity contribution < 1.29 is 9.90 Å². The molecule has 1 saturated carbocycles. The summed E-state index contributed by atoms with van der Waals surface area (Å²) in [6.45, 7) is 0.776. The molecule has 3 unspecified atom stereocenters. The molecule has 1 heterocycles. The minimum Gasteiger partial charge on any atom is -0.392 e. The predicted molar refractivity (Wildman–Crippen MR) is 78.5 cm³/mol. The van der Waals surface area contributed by atoms with E-state index in [4.69, 9.17) is 11.6 Å². The molecule has 3 rings (SSSR count). The van der Waals surface area contributed by atoms with Gasteiger partial charge in [-0.3, -0.25) is 4.79 Å². The number of rotatable bonds is 2. The summed E-state index contributed by atoms with van der Waals surface area (Å²) >= 11 is 6.28. The smallest absolute Gasteiger partial charge is 0.228 e. The van der Waals surface area contributed by atoms with E-state index in [0.29, 0.717) is 0 Å². The first kappa shape index (κ1) is 13.9. The number of benzene rings is 1. The first-order valence-corrected chi connectivity index (χ1v) is 7.79. The number of hydrogen-bond donors (Lipinski definition) is 1. The molecule has 0 bridgehead atoms. The van der Waals surface area contributed by atoms with Crippen LogP contribution in [-0.2, 0) is 4.79 Å². The Morgan fingerprint density at radius 3 is 2.70 bits per heavy atom. The van der Waals surface area contributed by atoms with E-state index in [-0.39, 0.29) is 17.9 Å². The normalized spacial score (nSPS) is 29.9. The SMILES string of the molecule is O=C(C1CCCC1O)N1CCCC1c1ccccc1Cl. The molecule has 2 aliphatic rings. The van der Waals surface area contributed by atoms with Gasteiger partial charge in [0.05, 0.1) is 18.1 Å². The van der Waals surface area contributed by atoms with E-state index in [1.165, 1.54) is 0 Å². The fourth-order valence-corrected chi connectivity index (χ4v) is 3.80. The van der Waals surface area contributed by atoms with Gasteiger partial charge >= 0.3 is 0 Å². The van der Waals surface area contributed by atoms with Crippen LogP contribution in [0, 0.1) is 5.92 Å². The summed E-state index contributed by atoms with van der Waals surface area (Å²) in [5, 5.41) is 10.7. The van der Waals surface area contributed by atoms with Crippen LogP contribution < -0.4 is 0 Å². The van der Waals surface area contributed by atoms with Crippen LogP contribution in [-0.4, -0.2) is 28.6 Å². The van der Waals surface area contributed by atoms with Crippen molar-refractivity contribution in [3.63, 3.8) is 0 Å². The van der Waals surface area contributed by atoms with E-state index in [9.17, 15) is 9.90 Å². The number of carbonyl (C=O) groups is 1. The van der Waals surface area contributed by atoms with E-state index in [1.807, 2.05) is 29.2 Å². The Kier molecular flexibility index (Phi) is 3.99. The van der Waals surface area contributed by atoms with Gasteiger partial charge in [-0.25, -0.2) is 0 Å². The van der Waals surface area contributed by atoms with Gasteiger partial charge in [-0.05, 0) is 43.7 Å². The van der Waals surface area contributed by atoms with Crippen LogP contribution in [0.25, 0.3) is 0 Å². The summed E-state index contributed by atoms with van der Waals surface area (Å²) < 4.78 is 0. The zero-order chi connectivity index (χ0) is 14.1. The summed E-state index contributed by atoms with van der Waals surface area (Å²) in [4.78, 5) is 14.6. The van der Waals surface area contributed by atoms with E-state index < -0.39 is 6.10 Å². The largest absolute Gasteiger partial charge is 0.392 e. The molecule has 1 aromatic rings. The molecule has 2 fully saturated rings. The van der Waals surface area contributed by atoms with Crippen LogP contribution in [0.5, 0.6) is 0 Å². The van der Waals surface area contributed by atoms with Crippen LogP contribution in [0.15, 0.2) is 24.3 Å². The Bertz CT molecular complexity index is 505. The topological polar surface area (TPSA) is 40.5 Å². The number of nitrogens with zero attached hydrogens (tertiary/aromatic N) is 1. The fraction of sp³-hybridized carbons (Fsp3) is 0.562. The molecule has 108 valence electrons. The van der Waals surface area contributed by atoms with Crippen molar-refractivity contribution in [2.75, 3.05) is 6.54 Å². The second kappa shape index (κ2) is 5.74. The molecule has 0 radical (unpaired) electrons. The van der Waals surface area contributed by atoms with E-state index in [2.05, 4.69) is 0 Å². The summed E-state index contributed by atoms with van der Waals surface area (Å²) in [7, 11) is 0. The van der Waals surface area contributed by atoms with Gasteiger partial charge in [0.1, 0.15) is 0 Å². The summed E-state index contributed by atoms with van der Waals surface area (Å²) in [6.07, 6.45) is 4.01. The van der Waals surface area contributed by atoms with Gasteiger partial charge < -0.3 is 10.0 Å². The first-order valence-electron chi connectivity index (χ1n) is 7.41. The van der Waals surface area contributed by atoms with E-state index in [1.54, 1.807) is 0 Å². The van der Waals surface area contributed by atoms with Crippen molar-refractivity contribution in [2.24, 2.45) is 5.92 Å². The highest BCUT2D eigenvalue weighted by Gasteiger charge is 2.39. The van der Waals surface area contributed by atoms with Crippen LogP contribution in [0.4, 0.5) is 0 Å². The second-order valence-corrected chi connectivity index (χ2v) is 6.22. The molecule has 1 aromatic carbocycles. The van der Waals surface area contributed by atoms with E-state index in [0.717, 1.165) is 49.2 Å². The Balaban J connectivity index is 1.82. The molecule has 20 heavy (non-hydrogen) atoms. The summed E-state index contributed by atoms with van der Waals surface area (Å²) in [5.74, 6) is -0.101. The standard InChI is InChI=1S/C16H20ClNO2/c17-13-7-2-1-5-11(13)14-8-4-10-18(14)16(20)12-6-3-9-15(12)19/h1-2,5,7,12,14-15,19H,3-4,6,8-10H2. The van der Waals surface area contributed by atoms with E-state index >= 15 is 0 Å². The average Bonchev–Trinajstić information content (AvgIpc) is 3.07. The lowest BCUT2D eigenvalue weighted by atomic mass is 10.0. The van der Waals surface area contributed by atoms with Gasteiger partial charge in [0, 0.05) is 11.6 Å². The molecule has 0 spiro atoms. The van der Waals surface area contributed by atoms with Crippen LogP contribution in [0.2, 0.25) is 5.02 Å². The highest BCUT2D eigenvalue weighted by Crippen LogP contribution is 2.38. The predicted octanol–water partition coefficient (Wildman–Crippen LogP) is 3.16. The quantitative estimate of drug-likeness (QED) is 0.910. The van der Waals surface area contributed by atoms with Gasteiger partial charge in [-0.15, -0.1) is 0 Å². The molecule has 0 aromatic heterocycles. The Labute approximate surface area is 124 Å². The lowest BCUT2D eigenvalue weighted by Crippen LogP contribution is -2.38. The number of amides is 1. The average molecular weight is 294 g/mol. The van der Waals surface area contributed by atoms with Crippen molar-refractivity contribution >= 4 is 17.5 Å². The van der Waals surface area contributed by atoms with Crippen molar-refractivity contribution in [1.82, 2.24) is 4.90 Å². The zero-order valence-electron chi connectivity index (χ0n) is 11.5. The summed E-state index contributed by atoms with van der Waals surface area (Å²) in [6, 6.07) is 7.83. The molecule has 1 saturated heterocycles. The molecular weight excluding hydrogens is 274 g/mol. The number of halogens is 1. The Morgan fingerprint density at radius 1 is 1.20 bits per heavy atom. The van der Waals surface area contributed by atoms with Crippen LogP contribution >= 0.6 is 11.6 Å². The van der Waals surface area contributed by atoms with Crippen molar-refractivity contribution in [2.45, 2.75) is 44.2 Å². The molecule has 3 atom stereocenters. The first-order chi connectivity index (χ1) is 9.68. The lowest BCUT2D eigenvalue weighted by molar-refractivity contribution is -0.139. The number of hydrogen-bond acceptors (Lipinski definition) is 2. The van der Waals surface area contributed by atoms with Crippen molar-refractivity contribution in [3.8, 4) is 0 Å². The molecule has 1 aliphatic carbocycles. The number of aliphatic hydroxyl groups is 1. The zero-order valence-corrected chi connectivity index (χ0v) is 12.2. The maximum Gasteiger partial charge on any atom is 0.228 e. The Morgan fingerprint density at radius 2 is 2.00 bits per heavy atom. The molecule has 3 nitrogen and oxygen atoms in total. The van der Waals surface area contributed by atoms with Crippen molar-refractivity contribution in [3.05, 3.63) is 34.9 Å². The number of carbonyl (C=O) groups excluding carboxylic acids is 1. The number of likely N-dealkylation sites (tertiary alicyclic amines) is 1. The van der Waals surface area contributed by atoms with Gasteiger partial charge in [0.25, 0.3) is 0 Å². The molecule has 1 amide bonds. The molecule has 1 aliphatic heterocycles. The highest BCUT2D eigenvalue weighted by molar-refractivity contribution is 6.31. The van der Waals surface area contributed by atoms with Gasteiger partial charge in [-0.2, -0.15) is 0 Å². The minimum absolute atomic E-state index is 0.0731. The third-order valence-corrected chi connectivity index (χ3v) is 4.94. The second-order valence-electron chi connectivity index (χ2n) is 5.82. The van der Waals surface area contributed by atoms with Crippen LogP contribution in [0.1, 0.15) is 43.7 Å². The Hall–Kier alpha value is -1.06. The fourth-order valence-electron chi connectivity index (χ4n) is 3.54. The highest BCUT2D eigenvalue weighted by atomic mass is 35.5. The molecule has 1 N–H and O–H groups in total. The number of aliphatic hydroxyl groups excluding tert-OH is 1. The monoisotopic (exact) mass is 293 g/mol. The van der Waals surface area contributed by atoms with Gasteiger partial charge in [-0.1, -0.05) is 29.8 Å². The summed E-state index contributed by atoms with van der Waals surface area (Å²) in [5.41, 5.74) is 1.03. The third kappa shape index (κ3) is 2.45. The minimum atomic E-state index is -0.463. The van der Waals surface area contributed by atoms with Gasteiger partial charge in [0.2, 0.25) is 5.91 Å². The van der Waals surface area contributed by atoms with Crippen LogP contribution in [0.3, 0.4) is 0 Å². The lowest BCUT2D eigenvalue weighted by Gasteiger charge is -2.29. The van der Waals surface area contributed by atoms with Gasteiger partial charge in [0.15, 0.2) is 0 Å². The third-order valence-electron chi connectivity index (χ3n) is 4.60. The van der Waals surface area contributed by atoms with Crippen molar-refractivity contribution in [1.29, 1.82) is 0 Å².